The lowest BCUT2D eigenvalue weighted by Gasteiger charge is -2.19. The maximum absolute atomic E-state index is 13.3. The standard InChI is InChI=1S/C21H23F2IN5O2PS/c1-25-20(31)17-14(26-13-6-5-11(10-3-4-10)7-15(13)33-2)8-16(27-18(17)29-32-24)28-19(30)12-9-21(12,22)23/h5-8,10,12,32H,3-4,9H2,1-2H3,(H,25,31)(H3,26,27,28,29,30). The van der Waals surface area contributed by atoms with Crippen LogP contribution in [0.15, 0.2) is 29.2 Å². The third kappa shape index (κ3) is 5.51. The molecule has 2 fully saturated rings. The predicted molar refractivity (Wildman–Crippen MR) is 139 cm³/mol. The molecule has 2 amide bonds. The first-order valence-electron chi connectivity index (χ1n) is 10.3. The molecule has 12 heteroatoms. The summed E-state index contributed by atoms with van der Waals surface area (Å²) < 4.78 is 26.7. The van der Waals surface area contributed by atoms with Gasteiger partial charge in [-0.2, -0.15) is 0 Å². The normalized spacial score (nSPS) is 18.8. The number of amides is 2. The Kier molecular flexibility index (Phi) is 7.30. The van der Waals surface area contributed by atoms with Gasteiger partial charge in [-0.25, -0.2) is 13.8 Å². The lowest BCUT2D eigenvalue weighted by molar-refractivity contribution is -0.119. The molecule has 1 aromatic heterocycles. The van der Waals surface area contributed by atoms with Crippen LogP contribution in [0.1, 0.15) is 41.1 Å². The van der Waals surface area contributed by atoms with E-state index in [0.29, 0.717) is 11.6 Å². The molecule has 0 spiro atoms. The molecule has 0 aliphatic heterocycles. The third-order valence-electron chi connectivity index (χ3n) is 5.58. The molecule has 4 N–H and O–H groups in total. The Balaban J connectivity index is 1.71. The summed E-state index contributed by atoms with van der Waals surface area (Å²) in [5, 5.41) is 11.5. The van der Waals surface area contributed by atoms with Gasteiger partial charge in [-0.3, -0.25) is 9.59 Å². The number of nitrogens with one attached hydrogen (secondary N) is 4. The fraction of sp³-hybridized carbons (Fsp3) is 0.381. The quantitative estimate of drug-likeness (QED) is 0.166. The van der Waals surface area contributed by atoms with Gasteiger partial charge >= 0.3 is 0 Å². The van der Waals surface area contributed by atoms with Crippen LogP contribution in [0.4, 0.5) is 31.8 Å². The highest BCUT2D eigenvalue weighted by Gasteiger charge is 2.61. The molecule has 176 valence electrons. The molecule has 0 bridgehead atoms. The minimum atomic E-state index is -2.98. The summed E-state index contributed by atoms with van der Waals surface area (Å²) in [5.41, 5.74) is 2.78. The van der Waals surface area contributed by atoms with Crippen molar-refractivity contribution < 1.29 is 18.4 Å². The molecule has 7 nitrogen and oxygen atoms in total. The average molecular weight is 605 g/mol. The molecule has 1 heterocycles. The van der Waals surface area contributed by atoms with Gasteiger partial charge in [0.05, 0.1) is 11.4 Å². The van der Waals surface area contributed by atoms with Crippen LogP contribution >= 0.6 is 40.2 Å². The van der Waals surface area contributed by atoms with E-state index in [1.165, 1.54) is 31.5 Å². The summed E-state index contributed by atoms with van der Waals surface area (Å²) in [5.74, 6) is -4.53. The van der Waals surface area contributed by atoms with Crippen molar-refractivity contribution >= 4 is 75.0 Å². The maximum atomic E-state index is 13.3. The first kappa shape index (κ1) is 24.4. The predicted octanol–water partition coefficient (Wildman–Crippen LogP) is 5.73. The van der Waals surface area contributed by atoms with Gasteiger partial charge in [0.25, 0.3) is 11.8 Å². The van der Waals surface area contributed by atoms with Crippen LogP contribution in [0.3, 0.4) is 0 Å². The van der Waals surface area contributed by atoms with E-state index in [1.54, 1.807) is 11.8 Å². The second kappa shape index (κ2) is 9.87. The fourth-order valence-electron chi connectivity index (χ4n) is 3.54. The molecular formula is C21H23F2IN5O2PS. The molecule has 4 rings (SSSR count). The van der Waals surface area contributed by atoms with Crippen molar-refractivity contribution in [1.82, 2.24) is 10.3 Å². The summed E-state index contributed by atoms with van der Waals surface area (Å²) in [6, 6.07) is 7.70. The number of anilines is 4. The molecule has 1 aromatic carbocycles. The van der Waals surface area contributed by atoms with E-state index in [2.05, 4.69) is 60.2 Å². The second-order valence-electron chi connectivity index (χ2n) is 7.94. The van der Waals surface area contributed by atoms with Crippen molar-refractivity contribution in [2.45, 2.75) is 36.0 Å². The van der Waals surface area contributed by atoms with Gasteiger partial charge in [0.1, 0.15) is 23.1 Å². The zero-order valence-corrected chi connectivity index (χ0v) is 21.9. The summed E-state index contributed by atoms with van der Waals surface area (Å²) in [6.45, 7) is 0. The zero-order chi connectivity index (χ0) is 23.8. The highest BCUT2D eigenvalue weighted by molar-refractivity contribution is 14.2. The molecule has 2 unspecified atom stereocenters. The van der Waals surface area contributed by atoms with E-state index in [1.807, 2.05) is 12.3 Å². The van der Waals surface area contributed by atoms with Crippen LogP contribution in [0.25, 0.3) is 0 Å². The monoisotopic (exact) mass is 605 g/mol. The van der Waals surface area contributed by atoms with E-state index >= 15 is 0 Å². The van der Waals surface area contributed by atoms with Crippen LogP contribution in [0.5, 0.6) is 0 Å². The van der Waals surface area contributed by atoms with Crippen molar-refractivity contribution in [3.8, 4) is 0 Å². The Morgan fingerprint density at radius 1 is 1.24 bits per heavy atom. The summed E-state index contributed by atoms with van der Waals surface area (Å²) in [7, 11) is 1.52. The number of aromatic nitrogens is 1. The van der Waals surface area contributed by atoms with Crippen LogP contribution in [-0.4, -0.2) is 36.0 Å². The lowest BCUT2D eigenvalue weighted by Crippen LogP contribution is -2.23. The molecule has 0 radical (unpaired) electrons. The number of nitrogens with zero attached hydrogens (tertiary/aromatic N) is 1. The number of carbonyl (C=O) groups excluding carboxylic acids is 2. The topological polar surface area (TPSA) is 95.2 Å². The van der Waals surface area contributed by atoms with Gasteiger partial charge in [-0.1, -0.05) is 6.07 Å². The van der Waals surface area contributed by atoms with Crippen molar-refractivity contribution in [2.24, 2.45) is 5.92 Å². The summed E-state index contributed by atoms with van der Waals surface area (Å²) >= 11 is 3.69. The molecule has 2 aliphatic rings. The molecule has 0 saturated heterocycles. The van der Waals surface area contributed by atoms with Gasteiger partial charge in [0.15, 0.2) is 0 Å². The minimum absolute atomic E-state index is 0.0929. The van der Waals surface area contributed by atoms with Crippen molar-refractivity contribution in [3.63, 3.8) is 0 Å². The number of pyridine rings is 1. The molecule has 2 atom stereocenters. The van der Waals surface area contributed by atoms with Gasteiger partial charge in [-0.15, -0.1) is 11.8 Å². The van der Waals surface area contributed by atoms with Crippen molar-refractivity contribution in [3.05, 3.63) is 35.4 Å². The van der Waals surface area contributed by atoms with E-state index in [9.17, 15) is 18.4 Å². The molecule has 2 saturated carbocycles. The van der Waals surface area contributed by atoms with Crippen LogP contribution in [0.2, 0.25) is 0 Å². The van der Waals surface area contributed by atoms with E-state index in [-0.39, 0.29) is 29.5 Å². The number of hydrogen-bond donors (Lipinski definition) is 4. The number of thioether (sulfide) groups is 1. The summed E-state index contributed by atoms with van der Waals surface area (Å²) in [4.78, 5) is 30.3. The first-order valence-corrected chi connectivity index (χ1v) is 15.6. The Morgan fingerprint density at radius 2 is 1.97 bits per heavy atom. The zero-order valence-electron chi connectivity index (χ0n) is 17.9. The highest BCUT2D eigenvalue weighted by atomic mass is 127. The van der Waals surface area contributed by atoms with Gasteiger partial charge < -0.3 is 21.0 Å². The molecule has 2 aromatic rings. The number of halogens is 3. The highest BCUT2D eigenvalue weighted by Crippen LogP contribution is 2.49. The number of hydrogen-bond acceptors (Lipinski definition) is 6. The summed E-state index contributed by atoms with van der Waals surface area (Å²) in [6.07, 6.45) is 4.10. The van der Waals surface area contributed by atoms with Crippen LogP contribution in [-0.2, 0) is 4.79 Å². The Labute approximate surface area is 209 Å². The molecule has 33 heavy (non-hydrogen) atoms. The Hall–Kier alpha value is -1.72. The smallest absolute Gasteiger partial charge is 0.260 e. The maximum Gasteiger partial charge on any atom is 0.260 e. The number of benzene rings is 1. The van der Waals surface area contributed by atoms with Crippen LogP contribution < -0.4 is 21.0 Å². The minimum Gasteiger partial charge on any atom is -0.355 e. The van der Waals surface area contributed by atoms with E-state index < -0.39 is 24.2 Å². The van der Waals surface area contributed by atoms with Gasteiger partial charge in [0.2, 0.25) is 5.91 Å². The molecule has 2 aliphatic carbocycles. The van der Waals surface area contributed by atoms with Crippen molar-refractivity contribution in [2.75, 3.05) is 29.0 Å². The Bertz CT molecular complexity index is 1100. The van der Waals surface area contributed by atoms with E-state index in [4.69, 9.17) is 0 Å². The molecular weight excluding hydrogens is 582 g/mol. The third-order valence-corrected chi connectivity index (χ3v) is 7.49. The van der Waals surface area contributed by atoms with Crippen molar-refractivity contribution in [1.29, 1.82) is 0 Å². The number of alkyl halides is 2. The first-order chi connectivity index (χ1) is 15.8. The van der Waals surface area contributed by atoms with Gasteiger partial charge in [-0.05, 0) is 64.8 Å². The number of rotatable bonds is 9. The van der Waals surface area contributed by atoms with Gasteiger partial charge in [0, 0.05) is 30.8 Å². The van der Waals surface area contributed by atoms with E-state index in [0.717, 1.165) is 10.6 Å². The second-order valence-corrected chi connectivity index (χ2v) is 10.8. The lowest BCUT2D eigenvalue weighted by atomic mass is 10.1. The average Bonchev–Trinajstić information content (AvgIpc) is 3.70. The fourth-order valence-corrected chi connectivity index (χ4v) is 5.17. The Morgan fingerprint density at radius 3 is 2.55 bits per heavy atom. The largest absolute Gasteiger partial charge is 0.355 e. The number of carbonyl (C=O) groups is 2. The van der Waals surface area contributed by atoms with Crippen LogP contribution in [0, 0.1) is 5.92 Å². The SMILES string of the molecule is CNC(=O)c1c(Nc2ccc(C3CC3)cc2SC)cc(NC(=O)C2CC2(F)F)nc1NPI.